The third-order valence-electron chi connectivity index (χ3n) is 5.24. The molecule has 0 aliphatic rings. The van der Waals surface area contributed by atoms with E-state index in [2.05, 4.69) is 20.5 Å². The Morgan fingerprint density at radius 2 is 1.42 bits per heavy atom. The molecule has 2 N–H and O–H groups in total. The molecule has 5 rings (SSSR count). The van der Waals surface area contributed by atoms with Crippen LogP contribution in [-0.2, 0) is 0 Å². The van der Waals surface area contributed by atoms with Gasteiger partial charge in [-0.15, -0.1) is 0 Å². The van der Waals surface area contributed by atoms with E-state index in [-0.39, 0.29) is 17.5 Å². The van der Waals surface area contributed by atoms with Crippen molar-refractivity contribution in [2.24, 2.45) is 5.10 Å². The lowest BCUT2D eigenvalue weighted by Crippen LogP contribution is -2.00. The Bertz CT molecular complexity index is 1450. The average molecular weight is 434 g/mol. The van der Waals surface area contributed by atoms with Crippen LogP contribution in [0.1, 0.15) is 5.56 Å². The number of hydrogen-bond donors (Lipinski definition) is 2. The maximum absolute atomic E-state index is 13.4. The zero-order chi connectivity index (χ0) is 22.6. The second kappa shape index (κ2) is 8.88. The van der Waals surface area contributed by atoms with Gasteiger partial charge in [-0.1, -0.05) is 60.7 Å². The average Bonchev–Trinajstić information content (AvgIpc) is 2.86. The van der Waals surface area contributed by atoms with Crippen molar-refractivity contribution in [2.45, 2.75) is 0 Å². The van der Waals surface area contributed by atoms with Gasteiger partial charge in [0.25, 0.3) is 0 Å². The maximum Gasteiger partial charge on any atom is 0.244 e. The van der Waals surface area contributed by atoms with Crippen molar-refractivity contribution in [1.29, 1.82) is 0 Å². The molecule has 0 atom stereocenters. The molecular weight excluding hydrogens is 415 g/mol. The van der Waals surface area contributed by atoms with E-state index in [1.807, 2.05) is 66.7 Å². The van der Waals surface area contributed by atoms with Crippen LogP contribution in [-0.4, -0.2) is 21.3 Å². The highest BCUT2D eigenvalue weighted by atomic mass is 19.1. The number of fused-ring (bicyclic) bond motifs is 1. The molecule has 4 aromatic carbocycles. The maximum atomic E-state index is 13.4. The van der Waals surface area contributed by atoms with E-state index in [9.17, 15) is 9.50 Å². The summed E-state index contributed by atoms with van der Waals surface area (Å²) in [6.45, 7) is 0. The van der Waals surface area contributed by atoms with Crippen LogP contribution in [0.2, 0.25) is 0 Å². The second-order valence-electron chi connectivity index (χ2n) is 7.42. The number of phenols is 1. The first-order valence-corrected chi connectivity index (χ1v) is 10.4. The Morgan fingerprint density at radius 1 is 0.758 bits per heavy atom. The predicted octanol–water partition coefficient (Wildman–Crippen LogP) is 6.25. The van der Waals surface area contributed by atoms with Crippen LogP contribution in [0.3, 0.4) is 0 Å². The topological polar surface area (TPSA) is 70.4 Å². The lowest BCUT2D eigenvalue weighted by Gasteiger charge is -2.09. The molecule has 0 saturated carbocycles. The number of rotatable bonds is 5. The minimum absolute atomic E-state index is 0.130. The number of anilines is 1. The molecule has 0 spiro atoms. The van der Waals surface area contributed by atoms with Gasteiger partial charge in [-0.2, -0.15) is 5.10 Å². The predicted molar refractivity (Wildman–Crippen MR) is 130 cm³/mol. The van der Waals surface area contributed by atoms with Gasteiger partial charge >= 0.3 is 0 Å². The molecule has 1 aromatic heterocycles. The third kappa shape index (κ3) is 4.41. The van der Waals surface area contributed by atoms with Crippen molar-refractivity contribution >= 4 is 22.9 Å². The third-order valence-corrected chi connectivity index (χ3v) is 5.24. The van der Waals surface area contributed by atoms with Crippen LogP contribution in [0, 0.1) is 5.82 Å². The molecule has 0 bridgehead atoms. The molecule has 160 valence electrons. The Balaban J connectivity index is 1.52. The number of benzene rings is 4. The van der Waals surface area contributed by atoms with E-state index < -0.39 is 0 Å². The Labute approximate surface area is 189 Å². The van der Waals surface area contributed by atoms with Gasteiger partial charge in [-0.3, -0.25) is 0 Å². The van der Waals surface area contributed by atoms with Crippen LogP contribution in [0.15, 0.2) is 102 Å². The summed E-state index contributed by atoms with van der Waals surface area (Å²) >= 11 is 0. The Hall–Kier alpha value is -4.58. The van der Waals surface area contributed by atoms with E-state index in [4.69, 9.17) is 0 Å². The molecule has 0 saturated heterocycles. The standard InChI is InChI=1S/C27H19FN4O/c28-21-13-10-20(11-14-21)25-16-24(19-7-2-1-3-8-19)30-27(31-25)32-29-17-23-22-9-5-4-6-18(22)12-15-26(23)33/h1-17,33H,(H,30,31,32)/b29-17+. The quantitative estimate of drug-likeness (QED) is 0.253. The summed E-state index contributed by atoms with van der Waals surface area (Å²) in [5, 5.41) is 16.5. The summed E-state index contributed by atoms with van der Waals surface area (Å²) in [5.74, 6) is 0.103. The summed E-state index contributed by atoms with van der Waals surface area (Å²) in [4.78, 5) is 9.14. The van der Waals surface area contributed by atoms with Crippen molar-refractivity contribution in [3.63, 3.8) is 0 Å². The van der Waals surface area contributed by atoms with Gasteiger partial charge < -0.3 is 5.11 Å². The molecule has 33 heavy (non-hydrogen) atoms. The van der Waals surface area contributed by atoms with E-state index in [1.165, 1.54) is 12.1 Å². The summed E-state index contributed by atoms with van der Waals surface area (Å²) in [6, 6.07) is 29.0. The van der Waals surface area contributed by atoms with Gasteiger partial charge in [0.05, 0.1) is 17.6 Å². The SMILES string of the molecule is Oc1ccc2ccccc2c1/C=N/Nc1nc(-c2ccccc2)cc(-c2ccc(F)cc2)n1. The van der Waals surface area contributed by atoms with Crippen LogP contribution in [0.25, 0.3) is 33.3 Å². The summed E-state index contributed by atoms with van der Waals surface area (Å²) in [5.41, 5.74) is 6.49. The van der Waals surface area contributed by atoms with Crippen molar-refractivity contribution in [2.75, 3.05) is 5.43 Å². The number of aromatic hydroxyl groups is 1. The van der Waals surface area contributed by atoms with Crippen molar-refractivity contribution in [1.82, 2.24) is 9.97 Å². The molecule has 5 aromatic rings. The number of aromatic nitrogens is 2. The fraction of sp³-hybridized carbons (Fsp3) is 0. The molecule has 0 aliphatic heterocycles. The lowest BCUT2D eigenvalue weighted by molar-refractivity contribution is 0.475. The second-order valence-corrected chi connectivity index (χ2v) is 7.42. The summed E-state index contributed by atoms with van der Waals surface area (Å²) in [7, 11) is 0. The first-order chi connectivity index (χ1) is 16.2. The van der Waals surface area contributed by atoms with Gasteiger partial charge in [-0.05, 0) is 47.2 Å². The smallest absolute Gasteiger partial charge is 0.244 e. The Kier molecular flexibility index (Phi) is 5.47. The van der Waals surface area contributed by atoms with Gasteiger partial charge in [0, 0.05) is 16.7 Å². The van der Waals surface area contributed by atoms with Crippen LogP contribution < -0.4 is 5.43 Å². The molecule has 0 amide bonds. The van der Waals surface area contributed by atoms with E-state index in [0.29, 0.717) is 17.0 Å². The number of hydrogen-bond acceptors (Lipinski definition) is 5. The molecule has 0 fully saturated rings. The fourth-order valence-electron chi connectivity index (χ4n) is 3.60. The normalized spacial score (nSPS) is 11.2. The molecule has 5 nitrogen and oxygen atoms in total. The van der Waals surface area contributed by atoms with Crippen LogP contribution in [0.4, 0.5) is 10.3 Å². The number of halogens is 1. The van der Waals surface area contributed by atoms with Gasteiger partial charge in [0.2, 0.25) is 5.95 Å². The largest absolute Gasteiger partial charge is 0.507 e. The van der Waals surface area contributed by atoms with E-state index in [0.717, 1.165) is 21.9 Å². The lowest BCUT2D eigenvalue weighted by atomic mass is 10.0. The molecule has 0 unspecified atom stereocenters. The van der Waals surface area contributed by atoms with Crippen molar-refractivity contribution < 1.29 is 9.50 Å². The van der Waals surface area contributed by atoms with Crippen molar-refractivity contribution in [3.8, 4) is 28.3 Å². The highest BCUT2D eigenvalue weighted by Gasteiger charge is 2.09. The minimum atomic E-state index is -0.311. The monoisotopic (exact) mass is 434 g/mol. The number of phenolic OH excluding ortho intramolecular Hbond substituents is 1. The Morgan fingerprint density at radius 3 is 2.18 bits per heavy atom. The summed E-state index contributed by atoms with van der Waals surface area (Å²) < 4.78 is 13.4. The van der Waals surface area contributed by atoms with Gasteiger partial charge in [0.15, 0.2) is 0 Å². The van der Waals surface area contributed by atoms with Gasteiger partial charge in [-0.25, -0.2) is 19.8 Å². The van der Waals surface area contributed by atoms with E-state index in [1.54, 1.807) is 24.4 Å². The first-order valence-electron chi connectivity index (χ1n) is 10.4. The number of hydrazone groups is 1. The molecular formula is C27H19FN4O. The first kappa shape index (κ1) is 20.3. The number of nitrogens with one attached hydrogen (secondary N) is 1. The highest BCUT2D eigenvalue weighted by Crippen LogP contribution is 2.27. The minimum Gasteiger partial charge on any atom is -0.507 e. The van der Waals surface area contributed by atoms with Crippen molar-refractivity contribution in [3.05, 3.63) is 108 Å². The fourth-order valence-corrected chi connectivity index (χ4v) is 3.60. The summed E-state index contributed by atoms with van der Waals surface area (Å²) in [6.07, 6.45) is 1.55. The highest BCUT2D eigenvalue weighted by molar-refractivity contribution is 6.02. The molecule has 6 heteroatoms. The zero-order valence-electron chi connectivity index (χ0n) is 17.5. The number of nitrogens with zero attached hydrogens (tertiary/aromatic N) is 3. The van der Waals surface area contributed by atoms with Gasteiger partial charge in [0.1, 0.15) is 11.6 Å². The van der Waals surface area contributed by atoms with Crippen LogP contribution >= 0.6 is 0 Å². The van der Waals surface area contributed by atoms with Crippen LogP contribution in [0.5, 0.6) is 5.75 Å². The molecule has 1 heterocycles. The van der Waals surface area contributed by atoms with E-state index >= 15 is 0 Å². The zero-order valence-corrected chi connectivity index (χ0v) is 17.5. The molecule has 0 radical (unpaired) electrons. The molecule has 0 aliphatic carbocycles.